The fraction of sp³-hybridized carbons (Fsp3) is 0.136. The molecular weight excluding hydrogens is 528 g/mol. The first-order valence-electron chi connectivity index (χ1n) is 15.8. The second kappa shape index (κ2) is 8.80. The number of benzene rings is 7. The Balaban J connectivity index is 1.33. The van der Waals surface area contributed by atoms with Gasteiger partial charge in [-0.05, 0) is 94.4 Å². The molecule has 7 aromatic carbocycles. The molecule has 9 rings (SSSR count). The van der Waals surface area contributed by atoms with Gasteiger partial charge in [-0.15, -0.1) is 0 Å². The first-order valence-corrected chi connectivity index (χ1v) is 15.8. The van der Waals surface area contributed by atoms with Crippen LogP contribution < -0.4 is 0 Å². The first-order chi connectivity index (χ1) is 21.4. The molecule has 0 saturated carbocycles. The lowest BCUT2D eigenvalue weighted by Crippen LogP contribution is -2.18. The average molecular weight is 563 g/mol. The van der Waals surface area contributed by atoms with Crippen LogP contribution in [0.2, 0.25) is 0 Å². The minimum atomic E-state index is -0.0939. The molecule has 0 fully saturated rings. The van der Waals surface area contributed by atoms with E-state index in [0.717, 1.165) is 0 Å². The Morgan fingerprint density at radius 1 is 0.341 bits per heavy atom. The predicted octanol–water partition coefficient (Wildman–Crippen LogP) is 11.9. The highest BCUT2D eigenvalue weighted by Gasteiger charge is 2.44. The van der Waals surface area contributed by atoms with E-state index in [0.29, 0.717) is 0 Å². The molecule has 0 heteroatoms. The van der Waals surface area contributed by atoms with E-state index in [1.54, 1.807) is 0 Å². The van der Waals surface area contributed by atoms with Crippen LogP contribution in [0.15, 0.2) is 133 Å². The largest absolute Gasteiger partial charge is 0.0622 e. The van der Waals surface area contributed by atoms with Gasteiger partial charge in [0.05, 0.1) is 0 Å². The van der Waals surface area contributed by atoms with Crippen LogP contribution in [-0.4, -0.2) is 0 Å². The maximum Gasteiger partial charge on any atom is 0.0165 e. The van der Waals surface area contributed by atoms with Crippen LogP contribution in [0.1, 0.15) is 49.9 Å². The summed E-state index contributed by atoms with van der Waals surface area (Å²) in [4.78, 5) is 0. The number of hydrogen-bond donors (Lipinski definition) is 0. The van der Waals surface area contributed by atoms with Gasteiger partial charge in [-0.1, -0.05) is 155 Å². The molecule has 0 saturated heterocycles. The molecule has 0 unspecified atom stereocenters. The van der Waals surface area contributed by atoms with Gasteiger partial charge in [0.15, 0.2) is 0 Å². The van der Waals surface area contributed by atoms with Crippen LogP contribution in [0.4, 0.5) is 0 Å². The number of fused-ring (bicyclic) bond motifs is 9. The summed E-state index contributed by atoms with van der Waals surface area (Å²) in [5, 5.41) is 5.19. The molecule has 210 valence electrons. The van der Waals surface area contributed by atoms with E-state index in [4.69, 9.17) is 0 Å². The third kappa shape index (κ3) is 3.23. The summed E-state index contributed by atoms with van der Waals surface area (Å²) in [5.74, 6) is 0. The van der Waals surface area contributed by atoms with Crippen molar-refractivity contribution in [3.8, 4) is 44.5 Å². The zero-order valence-corrected chi connectivity index (χ0v) is 25.7. The molecule has 0 nitrogen and oxygen atoms in total. The topological polar surface area (TPSA) is 0 Å². The molecule has 0 amide bonds. The van der Waals surface area contributed by atoms with Crippen LogP contribution in [-0.2, 0) is 10.8 Å². The smallest absolute Gasteiger partial charge is 0.0165 e. The highest BCUT2D eigenvalue weighted by molar-refractivity contribution is 6.21. The molecule has 0 aliphatic heterocycles. The summed E-state index contributed by atoms with van der Waals surface area (Å²) in [6, 6.07) is 49.9. The fourth-order valence-electron chi connectivity index (χ4n) is 8.63. The Bertz CT molecular complexity index is 2260. The van der Waals surface area contributed by atoms with E-state index in [-0.39, 0.29) is 10.8 Å². The van der Waals surface area contributed by atoms with Crippen LogP contribution >= 0.6 is 0 Å². The van der Waals surface area contributed by atoms with Crippen molar-refractivity contribution in [1.82, 2.24) is 0 Å². The van der Waals surface area contributed by atoms with Crippen molar-refractivity contribution < 1.29 is 0 Å². The van der Waals surface area contributed by atoms with Crippen molar-refractivity contribution in [2.75, 3.05) is 0 Å². The fourth-order valence-corrected chi connectivity index (χ4v) is 8.63. The quantitative estimate of drug-likeness (QED) is 0.184. The molecule has 0 radical (unpaired) electrons. The van der Waals surface area contributed by atoms with Crippen molar-refractivity contribution in [3.63, 3.8) is 0 Å². The third-order valence-corrected chi connectivity index (χ3v) is 10.6. The minimum Gasteiger partial charge on any atom is -0.0622 e. The minimum absolute atomic E-state index is 0.00466. The second-order valence-electron chi connectivity index (χ2n) is 13.7. The average Bonchev–Trinajstić information content (AvgIpc) is 3.43. The summed E-state index contributed by atoms with van der Waals surface area (Å²) in [7, 11) is 0. The molecule has 0 spiro atoms. The van der Waals surface area contributed by atoms with Crippen molar-refractivity contribution in [2.24, 2.45) is 0 Å². The maximum atomic E-state index is 2.48. The van der Waals surface area contributed by atoms with E-state index in [1.165, 1.54) is 88.3 Å². The molecule has 2 aliphatic carbocycles. The van der Waals surface area contributed by atoms with Gasteiger partial charge < -0.3 is 0 Å². The highest BCUT2D eigenvalue weighted by atomic mass is 14.5. The monoisotopic (exact) mass is 562 g/mol. The van der Waals surface area contributed by atoms with E-state index in [2.05, 4.69) is 161 Å². The van der Waals surface area contributed by atoms with Gasteiger partial charge >= 0.3 is 0 Å². The molecule has 44 heavy (non-hydrogen) atoms. The summed E-state index contributed by atoms with van der Waals surface area (Å²) >= 11 is 0. The summed E-state index contributed by atoms with van der Waals surface area (Å²) < 4.78 is 0. The van der Waals surface area contributed by atoms with E-state index < -0.39 is 0 Å². The SMILES string of the molecule is CC1(C)c2ccccc2-c2c1ccc1c2C(C)(C)c2ccc(-c3c4ccccc4c(-c4ccccc4)c4ccccc34)cc2-1. The molecule has 0 N–H and O–H groups in total. The molecule has 7 aromatic rings. The highest BCUT2D eigenvalue weighted by Crippen LogP contribution is 2.59. The number of hydrogen-bond acceptors (Lipinski definition) is 0. The molecule has 0 bridgehead atoms. The number of rotatable bonds is 2. The van der Waals surface area contributed by atoms with E-state index in [1.807, 2.05) is 0 Å². The molecule has 0 aromatic heterocycles. The lowest BCUT2D eigenvalue weighted by Gasteiger charge is -2.26. The van der Waals surface area contributed by atoms with Gasteiger partial charge in [0, 0.05) is 10.8 Å². The van der Waals surface area contributed by atoms with Crippen LogP contribution in [0, 0.1) is 0 Å². The second-order valence-corrected chi connectivity index (χ2v) is 13.7. The lowest BCUT2D eigenvalue weighted by molar-refractivity contribution is 0.647. The van der Waals surface area contributed by atoms with Crippen molar-refractivity contribution in [2.45, 2.75) is 38.5 Å². The molecule has 0 atom stereocenters. The molecule has 0 heterocycles. The van der Waals surface area contributed by atoms with Gasteiger partial charge in [-0.25, -0.2) is 0 Å². The van der Waals surface area contributed by atoms with E-state index >= 15 is 0 Å². The van der Waals surface area contributed by atoms with E-state index in [9.17, 15) is 0 Å². The van der Waals surface area contributed by atoms with Gasteiger partial charge in [-0.2, -0.15) is 0 Å². The molecule has 2 aliphatic rings. The predicted molar refractivity (Wildman–Crippen MR) is 187 cm³/mol. The van der Waals surface area contributed by atoms with Crippen LogP contribution in [0.3, 0.4) is 0 Å². The zero-order valence-electron chi connectivity index (χ0n) is 25.7. The summed E-state index contributed by atoms with van der Waals surface area (Å²) in [5.41, 5.74) is 16.5. The first kappa shape index (κ1) is 25.5. The van der Waals surface area contributed by atoms with Gasteiger partial charge in [0.2, 0.25) is 0 Å². The lowest BCUT2D eigenvalue weighted by atomic mass is 9.77. The van der Waals surface area contributed by atoms with Crippen molar-refractivity contribution >= 4 is 21.5 Å². The zero-order chi connectivity index (χ0) is 29.8. The van der Waals surface area contributed by atoms with Crippen LogP contribution in [0.5, 0.6) is 0 Å². The Labute approximate surface area is 259 Å². The molecular formula is C44H34. The van der Waals surface area contributed by atoms with Gasteiger partial charge in [0.1, 0.15) is 0 Å². The van der Waals surface area contributed by atoms with Crippen molar-refractivity contribution in [3.05, 3.63) is 156 Å². The van der Waals surface area contributed by atoms with Crippen LogP contribution in [0.25, 0.3) is 66.1 Å². The normalized spacial score (nSPS) is 15.2. The Morgan fingerprint density at radius 2 is 0.864 bits per heavy atom. The standard InChI is InChI=1S/C44H34/c1-43(2)36-21-13-12-20-34(36)41-38(43)25-23-33-35-26-28(22-24-37(35)44(3,4)42(33)41)40-31-18-10-8-16-29(31)39(27-14-6-5-7-15-27)30-17-9-11-19-32(30)40/h5-26H,1-4H3. The summed E-state index contributed by atoms with van der Waals surface area (Å²) in [6.45, 7) is 9.61. The third-order valence-electron chi connectivity index (χ3n) is 10.6. The maximum absolute atomic E-state index is 2.48. The summed E-state index contributed by atoms with van der Waals surface area (Å²) in [6.07, 6.45) is 0. The van der Waals surface area contributed by atoms with Gasteiger partial charge in [-0.3, -0.25) is 0 Å². The van der Waals surface area contributed by atoms with Crippen molar-refractivity contribution in [1.29, 1.82) is 0 Å². The Morgan fingerprint density at radius 3 is 1.52 bits per heavy atom. The Hall–Kier alpha value is -4.94. The van der Waals surface area contributed by atoms with Gasteiger partial charge in [0.25, 0.3) is 0 Å². The Kier molecular flexibility index (Phi) is 5.11.